The number of thioether (sulfide) groups is 1. The first kappa shape index (κ1) is 16.8. The molecule has 0 bridgehead atoms. The van der Waals surface area contributed by atoms with Gasteiger partial charge in [-0.1, -0.05) is 18.2 Å². The fourth-order valence-corrected chi connectivity index (χ4v) is 4.32. The average molecular weight is 347 g/mol. The van der Waals surface area contributed by atoms with Gasteiger partial charge in [-0.2, -0.15) is 11.8 Å². The SMILES string of the molecule is COc1ccc(CC2CCCS2)c(F)c1-c1cccc([N+](=O)[O-])c1. The number of methoxy groups -OCH3 is 1. The smallest absolute Gasteiger partial charge is 0.270 e. The van der Waals surface area contributed by atoms with E-state index < -0.39 is 4.92 Å². The summed E-state index contributed by atoms with van der Waals surface area (Å²) < 4.78 is 20.4. The van der Waals surface area contributed by atoms with E-state index in [4.69, 9.17) is 4.74 Å². The van der Waals surface area contributed by atoms with Crippen molar-refractivity contribution in [2.45, 2.75) is 24.5 Å². The molecule has 1 fully saturated rings. The molecule has 1 saturated heterocycles. The van der Waals surface area contributed by atoms with Crippen molar-refractivity contribution in [3.05, 3.63) is 57.9 Å². The maximum absolute atomic E-state index is 15.1. The van der Waals surface area contributed by atoms with Crippen LogP contribution in [-0.2, 0) is 6.42 Å². The van der Waals surface area contributed by atoms with E-state index >= 15 is 4.39 Å². The van der Waals surface area contributed by atoms with Crippen molar-refractivity contribution in [1.29, 1.82) is 0 Å². The van der Waals surface area contributed by atoms with E-state index in [9.17, 15) is 10.1 Å². The summed E-state index contributed by atoms with van der Waals surface area (Å²) in [6, 6.07) is 9.51. The Morgan fingerprint density at radius 1 is 1.38 bits per heavy atom. The van der Waals surface area contributed by atoms with Gasteiger partial charge in [0, 0.05) is 17.4 Å². The molecular formula is C18H18FNO3S. The Kier molecular flexibility index (Phi) is 5.04. The number of non-ortho nitro benzene ring substituents is 1. The summed E-state index contributed by atoms with van der Waals surface area (Å²) in [5.74, 6) is 1.17. The first-order valence-corrected chi connectivity index (χ1v) is 8.87. The molecule has 1 atom stereocenters. The molecule has 2 aromatic carbocycles. The van der Waals surface area contributed by atoms with Crippen molar-refractivity contribution in [3.63, 3.8) is 0 Å². The predicted octanol–water partition coefficient (Wildman–Crippen LogP) is 4.85. The Morgan fingerprint density at radius 3 is 2.88 bits per heavy atom. The summed E-state index contributed by atoms with van der Waals surface area (Å²) in [6.07, 6.45) is 2.94. The normalized spacial score (nSPS) is 17.0. The molecule has 1 heterocycles. The summed E-state index contributed by atoms with van der Waals surface area (Å²) in [7, 11) is 1.47. The Morgan fingerprint density at radius 2 is 2.21 bits per heavy atom. The maximum atomic E-state index is 15.1. The second-order valence-electron chi connectivity index (χ2n) is 5.76. The third-order valence-corrected chi connectivity index (χ3v) is 5.62. The Labute approximate surface area is 144 Å². The highest BCUT2D eigenvalue weighted by atomic mass is 32.2. The van der Waals surface area contributed by atoms with Crippen LogP contribution in [0.4, 0.5) is 10.1 Å². The molecule has 0 spiro atoms. The largest absolute Gasteiger partial charge is 0.496 e. The first-order chi connectivity index (χ1) is 11.6. The lowest BCUT2D eigenvalue weighted by molar-refractivity contribution is -0.384. The molecule has 24 heavy (non-hydrogen) atoms. The van der Waals surface area contributed by atoms with Crippen LogP contribution >= 0.6 is 11.8 Å². The van der Waals surface area contributed by atoms with Crippen LogP contribution in [0, 0.1) is 15.9 Å². The van der Waals surface area contributed by atoms with Gasteiger partial charge in [-0.25, -0.2) is 4.39 Å². The second-order valence-corrected chi connectivity index (χ2v) is 7.17. The van der Waals surface area contributed by atoms with Gasteiger partial charge < -0.3 is 4.74 Å². The summed E-state index contributed by atoms with van der Waals surface area (Å²) in [5, 5.41) is 11.4. The summed E-state index contributed by atoms with van der Waals surface area (Å²) in [4.78, 5) is 10.5. The molecule has 3 rings (SSSR count). The lowest BCUT2D eigenvalue weighted by atomic mass is 9.97. The van der Waals surface area contributed by atoms with Crippen molar-refractivity contribution < 1.29 is 14.1 Å². The van der Waals surface area contributed by atoms with Gasteiger partial charge in [0.25, 0.3) is 5.69 Å². The van der Waals surface area contributed by atoms with Gasteiger partial charge in [-0.3, -0.25) is 10.1 Å². The zero-order valence-corrected chi connectivity index (χ0v) is 14.1. The zero-order valence-electron chi connectivity index (χ0n) is 13.3. The Balaban J connectivity index is 2.04. The molecule has 0 aromatic heterocycles. The Bertz CT molecular complexity index is 760. The highest BCUT2D eigenvalue weighted by molar-refractivity contribution is 8.00. The number of halogens is 1. The van der Waals surface area contributed by atoms with E-state index in [1.165, 1.54) is 25.7 Å². The molecule has 1 aliphatic heterocycles. The van der Waals surface area contributed by atoms with Crippen LogP contribution in [0.5, 0.6) is 5.75 Å². The van der Waals surface area contributed by atoms with E-state index in [0.717, 1.165) is 12.2 Å². The predicted molar refractivity (Wildman–Crippen MR) is 94.2 cm³/mol. The third-order valence-electron chi connectivity index (χ3n) is 4.22. The van der Waals surface area contributed by atoms with Crippen LogP contribution in [-0.4, -0.2) is 23.0 Å². The molecule has 1 unspecified atom stereocenters. The topological polar surface area (TPSA) is 52.4 Å². The molecule has 2 aromatic rings. The number of benzene rings is 2. The van der Waals surface area contributed by atoms with Crippen molar-refractivity contribution in [2.24, 2.45) is 0 Å². The molecule has 0 radical (unpaired) electrons. The van der Waals surface area contributed by atoms with Gasteiger partial charge >= 0.3 is 0 Å². The number of nitro groups is 1. The summed E-state index contributed by atoms with van der Waals surface area (Å²) in [5.41, 5.74) is 1.32. The van der Waals surface area contributed by atoms with E-state index in [1.54, 1.807) is 24.3 Å². The van der Waals surface area contributed by atoms with Crippen molar-refractivity contribution in [1.82, 2.24) is 0 Å². The van der Waals surface area contributed by atoms with Crippen LogP contribution in [0.1, 0.15) is 18.4 Å². The van der Waals surface area contributed by atoms with E-state index in [2.05, 4.69) is 0 Å². The number of hydrogen-bond donors (Lipinski definition) is 0. The van der Waals surface area contributed by atoms with Crippen LogP contribution in [0.25, 0.3) is 11.1 Å². The standard InChI is InChI=1S/C18H18FNO3S/c1-23-16-8-7-13(11-15-6-3-9-24-15)18(19)17(16)12-4-2-5-14(10-12)20(21)22/h2,4-5,7-8,10,15H,3,6,9,11H2,1H3. The van der Waals surface area contributed by atoms with Crippen LogP contribution in [0.3, 0.4) is 0 Å². The molecule has 6 heteroatoms. The molecule has 0 N–H and O–H groups in total. The van der Waals surface area contributed by atoms with Crippen LogP contribution in [0.2, 0.25) is 0 Å². The lowest BCUT2D eigenvalue weighted by Gasteiger charge is -2.15. The van der Waals surface area contributed by atoms with Gasteiger partial charge in [0.15, 0.2) is 0 Å². The van der Waals surface area contributed by atoms with E-state index in [1.807, 2.05) is 11.8 Å². The molecule has 0 amide bonds. The average Bonchev–Trinajstić information content (AvgIpc) is 3.09. The molecule has 4 nitrogen and oxygen atoms in total. The van der Waals surface area contributed by atoms with Crippen LogP contribution in [0.15, 0.2) is 36.4 Å². The summed E-state index contributed by atoms with van der Waals surface area (Å²) >= 11 is 1.88. The molecular weight excluding hydrogens is 329 g/mol. The fraction of sp³-hybridized carbons (Fsp3) is 0.333. The van der Waals surface area contributed by atoms with Gasteiger partial charge in [0.05, 0.1) is 17.6 Å². The lowest BCUT2D eigenvalue weighted by Crippen LogP contribution is -2.06. The monoisotopic (exact) mass is 347 g/mol. The minimum atomic E-state index is -0.479. The van der Waals surface area contributed by atoms with Crippen LogP contribution < -0.4 is 4.74 Å². The second kappa shape index (κ2) is 7.21. The summed E-state index contributed by atoms with van der Waals surface area (Å²) in [6.45, 7) is 0. The highest BCUT2D eigenvalue weighted by Crippen LogP contribution is 2.37. The molecule has 126 valence electrons. The third kappa shape index (κ3) is 3.38. The number of ether oxygens (including phenoxy) is 1. The van der Waals surface area contributed by atoms with Crippen molar-refractivity contribution >= 4 is 17.4 Å². The zero-order chi connectivity index (χ0) is 17.1. The fourth-order valence-electron chi connectivity index (χ4n) is 3.02. The van der Waals surface area contributed by atoms with E-state index in [0.29, 0.717) is 34.1 Å². The number of nitro benzene ring substituents is 1. The molecule has 0 saturated carbocycles. The van der Waals surface area contributed by atoms with Gasteiger partial charge in [-0.15, -0.1) is 0 Å². The van der Waals surface area contributed by atoms with Crippen molar-refractivity contribution in [2.75, 3.05) is 12.9 Å². The highest BCUT2D eigenvalue weighted by Gasteiger charge is 2.22. The van der Waals surface area contributed by atoms with Crippen molar-refractivity contribution in [3.8, 4) is 16.9 Å². The minimum Gasteiger partial charge on any atom is -0.496 e. The molecule has 0 aliphatic carbocycles. The first-order valence-electron chi connectivity index (χ1n) is 7.82. The van der Waals surface area contributed by atoms with Gasteiger partial charge in [0.2, 0.25) is 0 Å². The van der Waals surface area contributed by atoms with E-state index in [-0.39, 0.29) is 11.5 Å². The quantitative estimate of drug-likeness (QED) is 0.573. The Hall–Kier alpha value is -2.08. The maximum Gasteiger partial charge on any atom is 0.270 e. The number of nitrogens with zero attached hydrogens (tertiary/aromatic N) is 1. The van der Waals surface area contributed by atoms with Gasteiger partial charge in [-0.05, 0) is 42.2 Å². The number of rotatable bonds is 5. The number of hydrogen-bond acceptors (Lipinski definition) is 4. The molecule has 1 aliphatic rings. The minimum absolute atomic E-state index is 0.0642. The van der Waals surface area contributed by atoms with Gasteiger partial charge in [0.1, 0.15) is 11.6 Å².